The number of nitrogens with zero attached hydrogens (tertiary/aromatic N) is 1. The number of amides is 1. The molecule has 1 aliphatic heterocycles. The zero-order valence-corrected chi connectivity index (χ0v) is 11.4. The van der Waals surface area contributed by atoms with E-state index in [0.29, 0.717) is 12.0 Å². The number of carbonyl (C=O) groups excluding carboxylic acids is 2. The van der Waals surface area contributed by atoms with Gasteiger partial charge in [-0.05, 0) is 18.1 Å². The van der Waals surface area contributed by atoms with E-state index in [2.05, 4.69) is 6.58 Å². The van der Waals surface area contributed by atoms with Crippen molar-refractivity contribution >= 4 is 11.7 Å². The summed E-state index contributed by atoms with van der Waals surface area (Å²) in [5.41, 5.74) is -1.37. The fraction of sp³-hybridized carbons (Fsp3) is 0.429. The fourth-order valence-electron chi connectivity index (χ4n) is 2.78. The minimum atomic E-state index is -1.77. The second kappa shape index (κ2) is 4.97. The van der Waals surface area contributed by atoms with Crippen molar-refractivity contribution in [3.63, 3.8) is 0 Å². The average molecular weight is 279 g/mol. The molecule has 6 nitrogen and oxygen atoms in total. The molecule has 1 saturated heterocycles. The third-order valence-corrected chi connectivity index (χ3v) is 3.76. The Hall–Kier alpha value is -1.76. The van der Waals surface area contributed by atoms with Crippen LogP contribution in [0.5, 0.6) is 0 Å². The maximum Gasteiger partial charge on any atom is 0.267 e. The van der Waals surface area contributed by atoms with Gasteiger partial charge >= 0.3 is 0 Å². The van der Waals surface area contributed by atoms with Crippen molar-refractivity contribution in [1.82, 2.24) is 5.06 Å². The van der Waals surface area contributed by atoms with Crippen LogP contribution in [0.15, 0.2) is 36.1 Å². The highest BCUT2D eigenvalue weighted by Gasteiger charge is 2.64. The maximum atomic E-state index is 12.6. The molecule has 1 spiro atoms. The van der Waals surface area contributed by atoms with E-state index in [-0.39, 0.29) is 5.70 Å². The molecule has 0 unspecified atom stereocenters. The number of hydroxylamine groups is 2. The lowest BCUT2D eigenvalue weighted by molar-refractivity contribution is -0.171. The van der Waals surface area contributed by atoms with Crippen LogP contribution in [-0.4, -0.2) is 46.3 Å². The zero-order valence-electron chi connectivity index (χ0n) is 11.4. The zero-order chi connectivity index (χ0) is 15.1. The largest absolute Gasteiger partial charge is 0.385 e. The van der Waals surface area contributed by atoms with E-state index in [0.717, 1.165) is 5.06 Å². The molecule has 0 aromatic rings. The second-order valence-electron chi connectivity index (χ2n) is 4.75. The first-order valence-corrected chi connectivity index (χ1v) is 6.29. The summed E-state index contributed by atoms with van der Waals surface area (Å²) in [5, 5.41) is 21.5. The lowest BCUT2D eigenvalue weighted by atomic mass is 9.67. The third kappa shape index (κ3) is 1.62. The number of aliphatic hydroxyl groups is 2. The van der Waals surface area contributed by atoms with Crippen molar-refractivity contribution in [3.8, 4) is 0 Å². The number of ketones is 1. The van der Waals surface area contributed by atoms with E-state index in [1.54, 1.807) is 6.08 Å². The highest BCUT2D eigenvalue weighted by Crippen LogP contribution is 2.49. The van der Waals surface area contributed by atoms with Gasteiger partial charge < -0.3 is 10.2 Å². The topological polar surface area (TPSA) is 87.1 Å². The molecular weight excluding hydrogens is 262 g/mol. The van der Waals surface area contributed by atoms with Gasteiger partial charge in [0.25, 0.3) is 5.91 Å². The van der Waals surface area contributed by atoms with Gasteiger partial charge in [-0.25, -0.2) is 0 Å². The quantitative estimate of drug-likeness (QED) is 0.748. The van der Waals surface area contributed by atoms with Gasteiger partial charge in [-0.3, -0.25) is 14.4 Å². The summed E-state index contributed by atoms with van der Waals surface area (Å²) in [6.45, 7) is 5.45. The molecule has 1 amide bonds. The molecule has 6 heteroatoms. The minimum Gasteiger partial charge on any atom is -0.385 e. The molecular formula is C14H17NO5. The summed E-state index contributed by atoms with van der Waals surface area (Å²) in [6, 6.07) is 0. The number of allylic oxidation sites excluding steroid dienone is 2. The van der Waals surface area contributed by atoms with Crippen molar-refractivity contribution in [3.05, 3.63) is 36.1 Å². The van der Waals surface area contributed by atoms with Gasteiger partial charge in [0, 0.05) is 0 Å². The fourth-order valence-corrected chi connectivity index (χ4v) is 2.78. The van der Waals surface area contributed by atoms with Crippen molar-refractivity contribution in [2.75, 3.05) is 7.11 Å². The highest BCUT2D eigenvalue weighted by atomic mass is 16.7. The molecule has 0 aromatic carbocycles. The Morgan fingerprint density at radius 2 is 2.05 bits per heavy atom. The summed E-state index contributed by atoms with van der Waals surface area (Å²) in [5.74, 6) is -1.32. The second-order valence-corrected chi connectivity index (χ2v) is 4.75. The van der Waals surface area contributed by atoms with Crippen molar-refractivity contribution < 1.29 is 24.6 Å². The Morgan fingerprint density at radius 3 is 2.55 bits per heavy atom. The van der Waals surface area contributed by atoms with E-state index >= 15 is 0 Å². The normalized spacial score (nSPS) is 35.7. The van der Waals surface area contributed by atoms with Crippen LogP contribution in [0.3, 0.4) is 0 Å². The molecule has 2 N–H and O–H groups in total. The van der Waals surface area contributed by atoms with E-state index in [1.807, 2.05) is 6.92 Å². The molecule has 2 rings (SSSR count). The summed E-state index contributed by atoms with van der Waals surface area (Å²) in [7, 11) is 1.25. The van der Waals surface area contributed by atoms with Gasteiger partial charge in [-0.15, -0.1) is 0 Å². The van der Waals surface area contributed by atoms with Crippen LogP contribution in [0.4, 0.5) is 0 Å². The Balaban J connectivity index is 2.68. The Bertz CT molecular complexity index is 536. The first-order valence-electron chi connectivity index (χ1n) is 6.29. The summed E-state index contributed by atoms with van der Waals surface area (Å²) < 4.78 is 0. The lowest BCUT2D eigenvalue weighted by Crippen LogP contribution is -2.54. The summed E-state index contributed by atoms with van der Waals surface area (Å²) in [4.78, 5) is 29.2. The number of hydrogen-bond donors (Lipinski definition) is 2. The van der Waals surface area contributed by atoms with Crippen LogP contribution < -0.4 is 0 Å². The van der Waals surface area contributed by atoms with Crippen molar-refractivity contribution in [2.24, 2.45) is 5.41 Å². The molecule has 1 aliphatic carbocycles. The summed E-state index contributed by atoms with van der Waals surface area (Å²) in [6.07, 6.45) is 1.85. The summed E-state index contributed by atoms with van der Waals surface area (Å²) >= 11 is 0. The van der Waals surface area contributed by atoms with Crippen LogP contribution in [0.2, 0.25) is 0 Å². The molecule has 1 fully saturated rings. The van der Waals surface area contributed by atoms with Gasteiger partial charge in [-0.2, -0.15) is 5.06 Å². The standard InChI is InChI=1S/C14H17NO5/c1-4-5-9-6-7-10(16)12(18)14(9)11(17)8(2)15(20-3)13(14)19/h5-7,11-12,17-18H,2,4H2,1,3H3/b9-5-/t11-,12-,14-/m0/s1. The molecule has 0 bridgehead atoms. The third-order valence-electron chi connectivity index (χ3n) is 3.76. The SMILES string of the molecule is C=C1[C@H](O)[C@@]2(C(=O)N1OC)/C(=C\CC)C=CC(=O)[C@@H]2O. The Kier molecular flexibility index (Phi) is 3.64. The van der Waals surface area contributed by atoms with Crippen LogP contribution in [0.25, 0.3) is 0 Å². The average Bonchev–Trinajstić information content (AvgIpc) is 2.61. The Labute approximate surface area is 116 Å². The molecule has 108 valence electrons. The predicted octanol–water partition coefficient (Wildman–Crippen LogP) is 0.0872. The van der Waals surface area contributed by atoms with Crippen LogP contribution in [0.1, 0.15) is 13.3 Å². The van der Waals surface area contributed by atoms with Gasteiger partial charge in [-0.1, -0.05) is 25.7 Å². The monoisotopic (exact) mass is 279 g/mol. The molecule has 0 radical (unpaired) electrons. The molecule has 3 atom stereocenters. The van der Waals surface area contributed by atoms with Gasteiger partial charge in [0.15, 0.2) is 5.78 Å². The smallest absolute Gasteiger partial charge is 0.267 e. The van der Waals surface area contributed by atoms with Gasteiger partial charge in [0.05, 0.1) is 12.8 Å². The van der Waals surface area contributed by atoms with Crippen LogP contribution in [-0.2, 0) is 14.4 Å². The first-order chi connectivity index (χ1) is 9.42. The van der Waals surface area contributed by atoms with E-state index < -0.39 is 29.3 Å². The van der Waals surface area contributed by atoms with Gasteiger partial charge in [0.2, 0.25) is 0 Å². The number of hydrogen-bond acceptors (Lipinski definition) is 5. The van der Waals surface area contributed by atoms with E-state index in [4.69, 9.17) is 4.84 Å². The van der Waals surface area contributed by atoms with Crippen molar-refractivity contribution in [2.45, 2.75) is 25.6 Å². The molecule has 2 aliphatic rings. The van der Waals surface area contributed by atoms with E-state index in [1.165, 1.54) is 19.3 Å². The van der Waals surface area contributed by atoms with Crippen molar-refractivity contribution in [1.29, 1.82) is 0 Å². The molecule has 1 heterocycles. The van der Waals surface area contributed by atoms with Gasteiger partial charge in [0.1, 0.15) is 17.6 Å². The molecule has 0 aromatic heterocycles. The minimum absolute atomic E-state index is 0.00153. The van der Waals surface area contributed by atoms with E-state index in [9.17, 15) is 19.8 Å². The Morgan fingerprint density at radius 1 is 1.40 bits per heavy atom. The lowest BCUT2D eigenvalue weighted by Gasteiger charge is -2.36. The maximum absolute atomic E-state index is 12.6. The number of carbonyl (C=O) groups is 2. The first kappa shape index (κ1) is 14.6. The predicted molar refractivity (Wildman–Crippen MR) is 70.0 cm³/mol. The molecule has 20 heavy (non-hydrogen) atoms. The highest BCUT2D eigenvalue weighted by molar-refractivity contribution is 6.05. The number of rotatable bonds is 2. The molecule has 0 saturated carbocycles. The van der Waals surface area contributed by atoms with Crippen LogP contribution in [0, 0.1) is 5.41 Å². The van der Waals surface area contributed by atoms with Crippen LogP contribution >= 0.6 is 0 Å². The number of aliphatic hydroxyl groups excluding tert-OH is 2.